The second kappa shape index (κ2) is 14.0. The number of hydrogen-bond acceptors (Lipinski definition) is 7. The minimum atomic E-state index is -3.61. The molecule has 5 rings (SSSR count). The number of sulfonamides is 1. The van der Waals surface area contributed by atoms with E-state index in [0.717, 1.165) is 19.1 Å². The number of carbonyl (C=O) groups excluding carboxylic acids is 2. The van der Waals surface area contributed by atoms with E-state index >= 15 is 0 Å². The second-order valence-electron chi connectivity index (χ2n) is 11.7. The molecule has 5 atom stereocenters. The first-order chi connectivity index (χ1) is 21.9. The van der Waals surface area contributed by atoms with Gasteiger partial charge in [0.05, 0.1) is 18.2 Å². The van der Waals surface area contributed by atoms with E-state index in [4.69, 9.17) is 28.0 Å². The van der Waals surface area contributed by atoms with E-state index in [9.17, 15) is 22.9 Å². The van der Waals surface area contributed by atoms with Gasteiger partial charge in [0, 0.05) is 44.6 Å². The lowest BCUT2D eigenvalue weighted by atomic mass is 9.76. The number of rotatable bonds is 10. The smallest absolute Gasteiger partial charge is 0.259 e. The molecule has 0 bridgehead atoms. The van der Waals surface area contributed by atoms with Crippen LogP contribution in [0.4, 0.5) is 0 Å². The van der Waals surface area contributed by atoms with Gasteiger partial charge in [-0.25, -0.2) is 13.1 Å². The molecule has 2 aromatic carbocycles. The zero-order chi connectivity index (χ0) is 33.2. The summed E-state index contributed by atoms with van der Waals surface area (Å²) in [6.45, 7) is 1.66. The quantitative estimate of drug-likeness (QED) is 0.235. The number of nitrogens with zero attached hydrogens (tertiary/aromatic N) is 3. The fraction of sp³-hybridized carbons (Fsp3) is 0.406. The Morgan fingerprint density at radius 3 is 2.52 bits per heavy atom. The molecule has 1 unspecified atom stereocenters. The lowest BCUT2D eigenvalue weighted by Gasteiger charge is -2.49. The van der Waals surface area contributed by atoms with Crippen LogP contribution in [-0.4, -0.2) is 50.6 Å². The molecule has 46 heavy (non-hydrogen) atoms. The van der Waals surface area contributed by atoms with E-state index in [0.29, 0.717) is 45.9 Å². The van der Waals surface area contributed by atoms with Crippen LogP contribution in [0.15, 0.2) is 65.8 Å². The highest BCUT2D eigenvalue weighted by Crippen LogP contribution is 2.48. The minimum absolute atomic E-state index is 0.128. The van der Waals surface area contributed by atoms with E-state index in [1.165, 1.54) is 11.8 Å². The van der Waals surface area contributed by atoms with Crippen LogP contribution >= 0.6 is 23.2 Å². The zero-order valence-electron chi connectivity index (χ0n) is 25.7. The molecule has 0 saturated heterocycles. The van der Waals surface area contributed by atoms with Crippen molar-refractivity contribution in [2.45, 2.75) is 69.2 Å². The van der Waals surface area contributed by atoms with Crippen molar-refractivity contribution in [1.29, 1.82) is 0 Å². The van der Waals surface area contributed by atoms with E-state index in [1.54, 1.807) is 72.5 Å². The summed E-state index contributed by atoms with van der Waals surface area (Å²) in [5.74, 6) is -1.65. The van der Waals surface area contributed by atoms with Gasteiger partial charge in [-0.1, -0.05) is 65.5 Å². The standard InChI is InChI=1S/C32H35Cl2N5O6S/c1-19(27-14-8-9-21(18-35-42)39(27)45-2)36-31(40)29-22-10-4-5-11-23(22)32(41)38(30(29)24-16-15-20(33)17-25(24)34)28-13-7-6-12-26(28)37-46(3,43)44/h4-5,8-11,14-17,19,26,28-30,37H,6-7,12-13,18H2,1-3H3/p+1/t19?,26-,28-,29+,30-/m0/s1. The highest BCUT2D eigenvalue weighted by Gasteiger charge is 2.49. The predicted molar refractivity (Wildman–Crippen MR) is 174 cm³/mol. The first kappa shape index (κ1) is 33.8. The Morgan fingerprint density at radius 1 is 1.09 bits per heavy atom. The monoisotopic (exact) mass is 688 g/mol. The maximum atomic E-state index is 14.6. The molecule has 1 saturated carbocycles. The summed E-state index contributed by atoms with van der Waals surface area (Å²) in [5, 5.41) is 6.74. The van der Waals surface area contributed by atoms with Gasteiger partial charge in [-0.2, -0.15) is 4.91 Å². The number of fused-ring (bicyclic) bond motifs is 1. The highest BCUT2D eigenvalue weighted by molar-refractivity contribution is 7.88. The SMILES string of the molecule is CO[n+]1c(CN=O)cccc1C(C)NC(=O)[C@@H]1c2ccccc2C(=O)N([C@H]2CCCC[C@@H]2NS(C)(=O)=O)[C@H]1c1ccc(Cl)cc1Cl. The molecule has 1 aromatic heterocycles. The third-order valence-corrected chi connectivity index (χ3v) is 9.95. The lowest BCUT2D eigenvalue weighted by Crippen LogP contribution is -2.59. The molecule has 2 amide bonds. The van der Waals surface area contributed by atoms with Crippen molar-refractivity contribution in [3.8, 4) is 0 Å². The molecule has 244 valence electrons. The Hall–Kier alpha value is -3.58. The van der Waals surface area contributed by atoms with Gasteiger partial charge in [0.2, 0.25) is 15.9 Å². The van der Waals surface area contributed by atoms with Gasteiger partial charge >= 0.3 is 0 Å². The Labute approximate surface area is 278 Å². The molecule has 11 nitrogen and oxygen atoms in total. The maximum absolute atomic E-state index is 14.6. The van der Waals surface area contributed by atoms with Crippen molar-refractivity contribution in [2.75, 3.05) is 13.4 Å². The van der Waals surface area contributed by atoms with Crippen molar-refractivity contribution >= 4 is 45.0 Å². The average molecular weight is 690 g/mol. The molecule has 2 aliphatic rings. The van der Waals surface area contributed by atoms with Crippen molar-refractivity contribution < 1.29 is 27.6 Å². The minimum Gasteiger partial charge on any atom is -0.343 e. The number of nitrogens with one attached hydrogen (secondary N) is 2. The van der Waals surface area contributed by atoms with Crippen molar-refractivity contribution in [1.82, 2.24) is 14.9 Å². The largest absolute Gasteiger partial charge is 0.343 e. The molecular formula is C32H36Cl2N5O6S+. The van der Waals surface area contributed by atoms with E-state index in [-0.39, 0.29) is 17.5 Å². The van der Waals surface area contributed by atoms with Gasteiger partial charge in [-0.3, -0.25) is 14.4 Å². The number of hydrogen-bond donors (Lipinski definition) is 2. The number of carbonyl (C=O) groups is 2. The Kier molecular flexibility index (Phi) is 10.3. The van der Waals surface area contributed by atoms with Crippen molar-refractivity contribution in [2.24, 2.45) is 5.18 Å². The number of benzene rings is 2. The van der Waals surface area contributed by atoms with Gasteiger partial charge in [0.15, 0.2) is 6.54 Å². The Bertz CT molecular complexity index is 1760. The maximum Gasteiger partial charge on any atom is 0.259 e. The summed E-state index contributed by atoms with van der Waals surface area (Å²) in [7, 11) is -2.16. The molecule has 14 heteroatoms. The van der Waals surface area contributed by atoms with Crippen LogP contribution in [0.1, 0.15) is 83.5 Å². The number of amides is 2. The predicted octanol–water partition coefficient (Wildman–Crippen LogP) is 4.62. The molecule has 1 aliphatic heterocycles. The fourth-order valence-electron chi connectivity index (χ4n) is 6.79. The van der Waals surface area contributed by atoms with Gasteiger partial charge < -0.3 is 10.2 Å². The second-order valence-corrected chi connectivity index (χ2v) is 14.3. The number of aromatic nitrogens is 1. The number of pyridine rings is 1. The third-order valence-electron chi connectivity index (χ3n) is 8.65. The van der Waals surface area contributed by atoms with Gasteiger partial charge in [-0.15, -0.1) is 0 Å². The summed E-state index contributed by atoms with van der Waals surface area (Å²) in [5.41, 5.74) is 2.46. The molecule has 0 radical (unpaired) electrons. The van der Waals surface area contributed by atoms with Crippen LogP contribution in [0.3, 0.4) is 0 Å². The summed E-state index contributed by atoms with van der Waals surface area (Å²) < 4.78 is 29.1. The van der Waals surface area contributed by atoms with Crippen LogP contribution < -0.4 is 19.6 Å². The van der Waals surface area contributed by atoms with Crippen LogP contribution in [0.2, 0.25) is 10.0 Å². The van der Waals surface area contributed by atoms with Crippen LogP contribution in [0, 0.1) is 4.91 Å². The van der Waals surface area contributed by atoms with E-state index in [2.05, 4.69) is 15.2 Å². The normalized spacial score (nSPS) is 22.1. The zero-order valence-corrected chi connectivity index (χ0v) is 28.0. The van der Waals surface area contributed by atoms with Gasteiger partial charge in [-0.05, 0) is 55.2 Å². The molecule has 0 spiro atoms. The third kappa shape index (κ3) is 6.90. The van der Waals surface area contributed by atoms with Crippen molar-refractivity contribution in [3.05, 3.63) is 104 Å². The van der Waals surface area contributed by atoms with Crippen LogP contribution in [0.5, 0.6) is 0 Å². The Morgan fingerprint density at radius 2 is 1.83 bits per heavy atom. The summed E-state index contributed by atoms with van der Waals surface area (Å²) in [4.78, 5) is 47.3. The number of halogens is 2. The topological polar surface area (TPSA) is 138 Å². The van der Waals surface area contributed by atoms with Crippen LogP contribution in [0.25, 0.3) is 0 Å². The van der Waals surface area contributed by atoms with Crippen molar-refractivity contribution in [3.63, 3.8) is 0 Å². The summed E-state index contributed by atoms with van der Waals surface area (Å²) in [6, 6.07) is 14.5. The molecular weight excluding hydrogens is 653 g/mol. The van der Waals surface area contributed by atoms with Gasteiger partial charge in [0.25, 0.3) is 17.3 Å². The highest BCUT2D eigenvalue weighted by atomic mass is 35.5. The summed E-state index contributed by atoms with van der Waals surface area (Å²) in [6.07, 6.45) is 3.72. The van der Waals surface area contributed by atoms with E-state index in [1.807, 2.05) is 0 Å². The summed E-state index contributed by atoms with van der Waals surface area (Å²) >= 11 is 13.1. The molecule has 1 fully saturated rings. The molecule has 3 aromatic rings. The first-order valence-corrected chi connectivity index (χ1v) is 17.6. The molecule has 1 aliphatic carbocycles. The van der Waals surface area contributed by atoms with Crippen LogP contribution in [-0.2, 0) is 21.4 Å². The first-order valence-electron chi connectivity index (χ1n) is 15.0. The lowest BCUT2D eigenvalue weighted by molar-refractivity contribution is -0.896. The average Bonchev–Trinajstić information content (AvgIpc) is 3.01. The van der Waals surface area contributed by atoms with E-state index < -0.39 is 46.0 Å². The molecule has 2 N–H and O–H groups in total. The number of nitroso groups, excluding NO2 is 1. The Balaban J connectivity index is 1.65. The fourth-order valence-corrected chi connectivity index (χ4v) is 8.14. The van der Waals surface area contributed by atoms with Gasteiger partial charge in [0.1, 0.15) is 13.2 Å². The molecule has 2 heterocycles.